The number of carbonyl (C=O) groups is 3. The van der Waals surface area contributed by atoms with E-state index < -0.39 is 51.2 Å². The molecule has 0 heterocycles. The molecule has 2 rings (SSSR count). The molecule has 230 valence electrons. The first-order valence-electron chi connectivity index (χ1n) is 13.0. The Morgan fingerprint density at radius 2 is 1.29 bits per heavy atom. The van der Waals surface area contributed by atoms with Crippen LogP contribution in [0.1, 0.15) is 30.9 Å². The third-order valence-corrected chi connectivity index (χ3v) is 6.88. The van der Waals surface area contributed by atoms with Gasteiger partial charge in [0.25, 0.3) is 0 Å². The number of carboxylic acids is 1. The molecule has 0 saturated carbocycles. The van der Waals surface area contributed by atoms with Crippen LogP contribution in [0.3, 0.4) is 0 Å². The Morgan fingerprint density at radius 1 is 0.833 bits per heavy atom. The first-order valence-corrected chi connectivity index (χ1v) is 14.5. The van der Waals surface area contributed by atoms with Gasteiger partial charge in [0, 0.05) is 7.05 Å². The van der Waals surface area contributed by atoms with E-state index in [2.05, 4.69) is 4.76 Å². The van der Waals surface area contributed by atoms with Crippen molar-refractivity contribution < 1.29 is 52.1 Å². The zero-order valence-electron chi connectivity index (χ0n) is 23.5. The number of aliphatic carboxylic acids is 1. The van der Waals surface area contributed by atoms with Gasteiger partial charge in [-0.05, 0) is 17.5 Å². The van der Waals surface area contributed by atoms with Gasteiger partial charge in [-0.2, -0.15) is 0 Å². The lowest BCUT2D eigenvalue weighted by Crippen LogP contribution is -2.46. The van der Waals surface area contributed by atoms with Crippen LogP contribution in [0.25, 0.3) is 0 Å². The molecule has 0 aliphatic rings. The summed E-state index contributed by atoms with van der Waals surface area (Å²) in [6, 6.07) is 16.8. The molecule has 0 aliphatic heterocycles. The SMILES string of the molecule is CCCC(C(=O)O)N(C)C(N)=NP(=O)(OCCOC(=O)OCc1ccccc1)OCCOC(=O)OCc1ccccc1. The molecule has 3 N–H and O–H groups in total. The summed E-state index contributed by atoms with van der Waals surface area (Å²) in [5.41, 5.74) is 7.45. The van der Waals surface area contributed by atoms with E-state index in [1.807, 2.05) is 12.1 Å². The molecule has 0 amide bonds. The highest BCUT2D eigenvalue weighted by Crippen LogP contribution is 2.49. The van der Waals surface area contributed by atoms with Gasteiger partial charge in [0.2, 0.25) is 5.96 Å². The van der Waals surface area contributed by atoms with Crippen LogP contribution in [0.5, 0.6) is 0 Å². The van der Waals surface area contributed by atoms with E-state index >= 15 is 0 Å². The van der Waals surface area contributed by atoms with Crippen LogP contribution in [0.15, 0.2) is 65.4 Å². The molecule has 1 atom stereocenters. The molecule has 0 radical (unpaired) electrons. The number of carbonyl (C=O) groups excluding carboxylic acids is 2. The van der Waals surface area contributed by atoms with Gasteiger partial charge in [-0.1, -0.05) is 74.0 Å². The van der Waals surface area contributed by atoms with Crippen molar-refractivity contribution in [2.75, 3.05) is 33.5 Å². The molecule has 0 aliphatic carbocycles. The number of ether oxygens (including phenoxy) is 4. The standard InChI is InChI=1S/C27H36N3O11P/c1-3-10-23(24(31)32)30(2)25(28)29-42(35,40-17-15-36-26(33)38-19-21-11-6-4-7-12-21)41-18-16-37-27(34)39-20-22-13-8-5-9-14-22/h4-9,11-14,23H,3,10,15-20H2,1-2H3,(H,31,32)(H2,28,29,35). The van der Waals surface area contributed by atoms with Crippen molar-refractivity contribution in [1.82, 2.24) is 4.90 Å². The maximum absolute atomic E-state index is 13.4. The zero-order valence-corrected chi connectivity index (χ0v) is 24.4. The molecule has 0 aromatic heterocycles. The highest BCUT2D eigenvalue weighted by Gasteiger charge is 2.29. The Balaban J connectivity index is 1.92. The fraction of sp³-hybridized carbons (Fsp3) is 0.407. The number of nitrogens with zero attached hydrogens (tertiary/aromatic N) is 2. The first-order chi connectivity index (χ1) is 20.1. The second kappa shape index (κ2) is 18.3. The number of hydrogen-bond donors (Lipinski definition) is 2. The quantitative estimate of drug-likeness (QED) is 0.0849. The van der Waals surface area contributed by atoms with Crippen LogP contribution in [-0.2, 0) is 50.6 Å². The molecule has 15 heteroatoms. The summed E-state index contributed by atoms with van der Waals surface area (Å²) >= 11 is 0. The molecule has 0 saturated heterocycles. The van der Waals surface area contributed by atoms with E-state index in [9.17, 15) is 24.1 Å². The number of likely N-dealkylation sites (N-methyl/N-ethyl adjacent to an activating group) is 1. The van der Waals surface area contributed by atoms with Crippen molar-refractivity contribution in [3.63, 3.8) is 0 Å². The molecule has 1 unspecified atom stereocenters. The van der Waals surface area contributed by atoms with Crippen molar-refractivity contribution in [3.8, 4) is 0 Å². The summed E-state index contributed by atoms with van der Waals surface area (Å²) in [5.74, 6) is -1.58. The molecular formula is C27H36N3O11P. The summed E-state index contributed by atoms with van der Waals surface area (Å²) < 4.78 is 47.5. The van der Waals surface area contributed by atoms with Crippen LogP contribution in [0, 0.1) is 0 Å². The molecule has 2 aromatic rings. The number of guanidine groups is 1. The number of carboxylic acid groups (broad SMARTS) is 1. The highest BCUT2D eigenvalue weighted by atomic mass is 31.2. The van der Waals surface area contributed by atoms with Crippen LogP contribution >= 0.6 is 7.75 Å². The van der Waals surface area contributed by atoms with Crippen molar-refractivity contribution in [2.45, 2.75) is 39.0 Å². The maximum atomic E-state index is 13.4. The molecule has 42 heavy (non-hydrogen) atoms. The van der Waals surface area contributed by atoms with Crippen LogP contribution in [0.2, 0.25) is 0 Å². The Labute approximate surface area is 243 Å². The Morgan fingerprint density at radius 3 is 1.69 bits per heavy atom. The van der Waals surface area contributed by atoms with E-state index in [0.717, 1.165) is 16.0 Å². The Bertz CT molecular complexity index is 1130. The smallest absolute Gasteiger partial charge is 0.480 e. The van der Waals surface area contributed by atoms with Crippen LogP contribution in [0.4, 0.5) is 9.59 Å². The van der Waals surface area contributed by atoms with Gasteiger partial charge in [0.1, 0.15) is 32.5 Å². The van der Waals surface area contributed by atoms with Gasteiger partial charge in [0.15, 0.2) is 0 Å². The van der Waals surface area contributed by atoms with E-state index in [1.165, 1.54) is 7.05 Å². The summed E-state index contributed by atoms with van der Waals surface area (Å²) in [5, 5.41) is 9.50. The minimum atomic E-state index is -4.40. The zero-order chi connectivity index (χ0) is 30.8. The van der Waals surface area contributed by atoms with Gasteiger partial charge in [0.05, 0.1) is 13.2 Å². The predicted octanol–water partition coefficient (Wildman–Crippen LogP) is 4.33. The summed E-state index contributed by atoms with van der Waals surface area (Å²) in [4.78, 5) is 36.5. The number of rotatable bonds is 17. The summed E-state index contributed by atoms with van der Waals surface area (Å²) in [7, 11) is -3.03. The largest absolute Gasteiger partial charge is 0.508 e. The minimum absolute atomic E-state index is 0.00835. The molecule has 0 spiro atoms. The van der Waals surface area contributed by atoms with Gasteiger partial charge >= 0.3 is 26.0 Å². The normalized spacial score (nSPS) is 12.2. The number of benzene rings is 2. The van der Waals surface area contributed by atoms with Crippen molar-refractivity contribution in [1.29, 1.82) is 0 Å². The van der Waals surface area contributed by atoms with Crippen molar-refractivity contribution in [3.05, 3.63) is 71.8 Å². The summed E-state index contributed by atoms with van der Waals surface area (Å²) in [6.45, 7) is 0.163. The molecular weight excluding hydrogens is 573 g/mol. The van der Waals surface area contributed by atoms with Gasteiger partial charge in [-0.25, -0.2) is 18.9 Å². The third kappa shape index (κ3) is 13.0. The van der Waals surface area contributed by atoms with E-state index in [1.54, 1.807) is 55.5 Å². The maximum Gasteiger partial charge on any atom is 0.508 e. The minimum Gasteiger partial charge on any atom is -0.480 e. The Kier molecular flexibility index (Phi) is 14.9. The monoisotopic (exact) mass is 609 g/mol. The lowest BCUT2D eigenvalue weighted by atomic mass is 10.1. The van der Waals surface area contributed by atoms with E-state index in [0.29, 0.717) is 6.42 Å². The molecule has 2 aromatic carbocycles. The lowest BCUT2D eigenvalue weighted by Gasteiger charge is -2.26. The second-order valence-corrected chi connectivity index (χ2v) is 10.2. The van der Waals surface area contributed by atoms with E-state index in [-0.39, 0.29) is 32.8 Å². The summed E-state index contributed by atoms with van der Waals surface area (Å²) in [6.07, 6.45) is -1.18. The highest BCUT2D eigenvalue weighted by molar-refractivity contribution is 7.52. The fourth-order valence-corrected chi connectivity index (χ4v) is 4.47. The topological polar surface area (TPSA) is 186 Å². The van der Waals surface area contributed by atoms with Gasteiger partial charge < -0.3 is 34.7 Å². The number of nitrogens with two attached hydrogens (primary N) is 1. The van der Waals surface area contributed by atoms with Crippen LogP contribution in [-0.4, -0.2) is 73.8 Å². The van der Waals surface area contributed by atoms with Crippen LogP contribution < -0.4 is 5.73 Å². The van der Waals surface area contributed by atoms with Crippen molar-refractivity contribution >= 4 is 32.0 Å². The van der Waals surface area contributed by atoms with E-state index in [4.69, 9.17) is 33.7 Å². The molecule has 0 fully saturated rings. The lowest BCUT2D eigenvalue weighted by molar-refractivity contribution is -0.141. The second-order valence-electron chi connectivity index (χ2n) is 8.59. The number of hydrogen-bond acceptors (Lipinski definition) is 10. The van der Waals surface area contributed by atoms with Gasteiger partial charge in [-0.15, -0.1) is 4.76 Å². The fourth-order valence-electron chi connectivity index (χ4n) is 3.28. The Hall–Kier alpha value is -4.13. The molecule has 0 bridgehead atoms. The first kappa shape index (κ1) is 34.1. The molecule has 14 nitrogen and oxygen atoms in total. The van der Waals surface area contributed by atoms with Crippen molar-refractivity contribution in [2.24, 2.45) is 10.5 Å². The average Bonchev–Trinajstić information content (AvgIpc) is 2.98. The predicted molar refractivity (Wildman–Crippen MR) is 150 cm³/mol. The third-order valence-electron chi connectivity index (χ3n) is 5.42. The average molecular weight is 610 g/mol. The van der Waals surface area contributed by atoms with Gasteiger partial charge in [-0.3, -0.25) is 9.05 Å².